The van der Waals surface area contributed by atoms with E-state index < -0.39 is 73.9 Å². The Morgan fingerprint density at radius 3 is 2.76 bits per heavy atom. The number of aromatic nitrogens is 2. The maximum absolute atomic E-state index is 15.5. The second-order valence-electron chi connectivity index (χ2n) is 7.56. The van der Waals surface area contributed by atoms with E-state index in [1.165, 1.54) is 19.1 Å². The van der Waals surface area contributed by atoms with Crippen LogP contribution >= 0.6 is 7.75 Å². The lowest BCUT2D eigenvalue weighted by atomic mass is 9.98. The minimum atomic E-state index is -4.36. The third-order valence-electron chi connectivity index (χ3n) is 4.96. The molecule has 0 spiro atoms. The fourth-order valence-corrected chi connectivity index (χ4v) is 4.69. The summed E-state index contributed by atoms with van der Waals surface area (Å²) in [5, 5.41) is 12.9. The number of nitrogens with zero attached hydrogens (tertiary/aromatic N) is 1. The van der Waals surface area contributed by atoms with Crippen LogP contribution in [0.15, 0.2) is 52.1 Å². The van der Waals surface area contributed by atoms with Gasteiger partial charge < -0.3 is 19.1 Å². The Kier molecular flexibility index (Phi) is 6.88. The number of alkyl halides is 1. The Hall–Kier alpha value is -2.83. The highest BCUT2D eigenvalue weighted by Gasteiger charge is 2.55. The summed E-state index contributed by atoms with van der Waals surface area (Å²) < 4.78 is 65.7. The van der Waals surface area contributed by atoms with Gasteiger partial charge in [0.2, 0.25) is 0 Å². The van der Waals surface area contributed by atoms with Crippen LogP contribution in [0.3, 0.4) is 0 Å². The van der Waals surface area contributed by atoms with Crippen molar-refractivity contribution in [1.82, 2.24) is 14.6 Å². The van der Waals surface area contributed by atoms with Crippen LogP contribution in [0.2, 0.25) is 0 Å². The summed E-state index contributed by atoms with van der Waals surface area (Å²) >= 11 is 0. The van der Waals surface area contributed by atoms with Crippen LogP contribution in [0.4, 0.5) is 4.39 Å². The fraction of sp³-hybridized carbons (Fsp3) is 0.450. The van der Waals surface area contributed by atoms with Gasteiger partial charge in [0.25, 0.3) is 5.56 Å². The summed E-state index contributed by atoms with van der Waals surface area (Å²) in [7, 11) is -3.24. The molecule has 1 aliphatic heterocycles. The number of hydrogen-bond acceptors (Lipinski definition) is 9. The van der Waals surface area contributed by atoms with Crippen molar-refractivity contribution in [2.24, 2.45) is 0 Å². The van der Waals surface area contributed by atoms with E-state index in [1.54, 1.807) is 23.2 Å². The molecule has 14 heteroatoms. The van der Waals surface area contributed by atoms with Crippen LogP contribution < -0.4 is 20.9 Å². The van der Waals surface area contributed by atoms with Crippen molar-refractivity contribution < 1.29 is 40.1 Å². The normalized spacial score (nSPS) is 27.9. The summed E-state index contributed by atoms with van der Waals surface area (Å²) in [6.07, 6.45) is -6.37. The van der Waals surface area contributed by atoms with E-state index in [2.05, 4.69) is 9.82 Å². The average molecular weight is 503 g/mol. The van der Waals surface area contributed by atoms with E-state index in [1.807, 2.05) is 0 Å². The zero-order valence-electron chi connectivity index (χ0n) is 20.4. The molecule has 0 radical (unpaired) electrons. The van der Waals surface area contributed by atoms with Gasteiger partial charge in [0.05, 0.1) is 16.5 Å². The number of halogens is 1. The van der Waals surface area contributed by atoms with Gasteiger partial charge in [-0.15, -0.1) is 0 Å². The second-order valence-corrected chi connectivity index (χ2v) is 9.25. The number of carbonyl (C=O) groups is 1. The van der Waals surface area contributed by atoms with Gasteiger partial charge >= 0.3 is 19.4 Å². The molecule has 186 valence electrons. The molecule has 3 N–H and O–H groups in total. The maximum Gasteiger partial charge on any atom is 0.459 e. The molecule has 1 saturated heterocycles. The zero-order chi connectivity index (χ0) is 26.8. The van der Waals surface area contributed by atoms with E-state index in [0.29, 0.717) is 4.57 Å². The van der Waals surface area contributed by atoms with Crippen molar-refractivity contribution in [3.8, 4) is 5.75 Å². The predicted octanol–water partition coefficient (Wildman–Crippen LogP) is 0.878. The number of H-pyrrole nitrogens is 1. The largest absolute Gasteiger partial charge is 0.468 e. The second kappa shape index (κ2) is 10.2. The molecule has 0 saturated carbocycles. The summed E-state index contributed by atoms with van der Waals surface area (Å²) in [4.78, 5) is 37.4. The van der Waals surface area contributed by atoms with E-state index in [0.717, 1.165) is 14.0 Å². The van der Waals surface area contributed by atoms with E-state index in [9.17, 15) is 24.1 Å². The van der Waals surface area contributed by atoms with Crippen LogP contribution in [0.25, 0.3) is 0 Å². The summed E-state index contributed by atoms with van der Waals surface area (Å²) in [5.74, 6) is -0.677. The van der Waals surface area contributed by atoms with Crippen molar-refractivity contribution in [2.45, 2.75) is 44.0 Å². The summed E-state index contributed by atoms with van der Waals surface area (Å²) in [6.45, 7) is 1.48. The van der Waals surface area contributed by atoms with Gasteiger partial charge in [-0.1, -0.05) is 18.2 Å². The molecule has 1 fully saturated rings. The van der Waals surface area contributed by atoms with Gasteiger partial charge in [-0.25, -0.2) is 13.8 Å². The predicted molar refractivity (Wildman–Crippen MR) is 116 cm³/mol. The molecule has 3 rings (SSSR count). The lowest BCUT2D eigenvalue weighted by molar-refractivity contribution is -0.142. The third-order valence-corrected chi connectivity index (χ3v) is 6.61. The van der Waals surface area contributed by atoms with Crippen LogP contribution in [-0.4, -0.2) is 58.3 Å². The highest BCUT2D eigenvalue weighted by Crippen LogP contribution is 2.47. The van der Waals surface area contributed by atoms with Gasteiger partial charge in [-0.3, -0.25) is 23.7 Å². The quantitative estimate of drug-likeness (QED) is 0.331. The molecule has 1 aromatic heterocycles. The van der Waals surface area contributed by atoms with Crippen molar-refractivity contribution >= 4 is 13.7 Å². The van der Waals surface area contributed by atoms with Crippen molar-refractivity contribution in [1.29, 1.82) is 0 Å². The van der Waals surface area contributed by atoms with Crippen LogP contribution in [0.1, 0.15) is 22.8 Å². The fourth-order valence-electron chi connectivity index (χ4n) is 3.19. The Balaban J connectivity index is 1.86. The standard InChI is InChI=1S/C20H25FN3O9P/c1-12(17(27)30-3)23-34(29,33-13-7-5-4-6-8-13)31-11-14-16(26)20(2,21)18(32-14)24-10-9-15(25)22-19(24)28/h4-10,12,14,16,18,26H,11H2,1-3H3,(H,23,29)(H,22,25,28)/t12?,14-,16-,18-,20-,34?/m1/s1/i9D,10D. The molecular formula is C20H25FN3O9P. The van der Waals surface area contributed by atoms with Crippen LogP contribution in [-0.2, 0) is 23.4 Å². The number of para-hydroxylation sites is 1. The summed E-state index contributed by atoms with van der Waals surface area (Å²) in [5.41, 5.74) is -5.07. The molecule has 34 heavy (non-hydrogen) atoms. The van der Waals surface area contributed by atoms with Gasteiger partial charge in [-0.2, -0.15) is 5.09 Å². The van der Waals surface area contributed by atoms with Crippen LogP contribution in [0, 0.1) is 0 Å². The number of ether oxygens (including phenoxy) is 2. The first kappa shape index (κ1) is 22.9. The zero-order valence-corrected chi connectivity index (χ0v) is 19.3. The lowest BCUT2D eigenvalue weighted by Crippen LogP contribution is -2.43. The maximum atomic E-state index is 15.5. The van der Waals surface area contributed by atoms with Crippen molar-refractivity contribution in [3.05, 3.63) is 63.4 Å². The Labute approximate surface area is 196 Å². The number of aliphatic hydroxyl groups is 1. The van der Waals surface area contributed by atoms with Crippen LogP contribution in [0.5, 0.6) is 5.75 Å². The molecule has 2 aromatic rings. The highest BCUT2D eigenvalue weighted by molar-refractivity contribution is 7.52. The number of benzene rings is 1. The molecule has 12 nitrogen and oxygen atoms in total. The van der Waals surface area contributed by atoms with Gasteiger partial charge in [0.1, 0.15) is 24.0 Å². The molecule has 0 bridgehead atoms. The monoisotopic (exact) mass is 503 g/mol. The number of rotatable bonds is 9. The number of esters is 1. The lowest BCUT2D eigenvalue weighted by Gasteiger charge is -2.25. The Morgan fingerprint density at radius 2 is 2.12 bits per heavy atom. The van der Waals surface area contributed by atoms with Crippen molar-refractivity contribution in [3.63, 3.8) is 0 Å². The molecule has 2 heterocycles. The number of methoxy groups -OCH3 is 1. The first-order valence-corrected chi connectivity index (χ1v) is 11.5. The summed E-state index contributed by atoms with van der Waals surface area (Å²) in [6, 6.07) is 5.72. The number of hydrogen-bond donors (Lipinski definition) is 3. The average Bonchev–Trinajstić information content (AvgIpc) is 3.05. The molecular weight excluding hydrogens is 476 g/mol. The molecule has 6 atom stereocenters. The van der Waals surface area contributed by atoms with Gasteiger partial charge in [-0.05, 0) is 26.0 Å². The van der Waals surface area contributed by atoms with E-state index in [-0.39, 0.29) is 5.75 Å². The number of aliphatic hydroxyl groups excluding tert-OH is 1. The molecule has 0 amide bonds. The highest BCUT2D eigenvalue weighted by atomic mass is 31.2. The minimum Gasteiger partial charge on any atom is -0.468 e. The topological polar surface area (TPSA) is 158 Å². The number of aromatic amines is 1. The Morgan fingerprint density at radius 1 is 1.44 bits per heavy atom. The van der Waals surface area contributed by atoms with E-state index in [4.69, 9.17) is 16.5 Å². The van der Waals surface area contributed by atoms with Gasteiger partial charge in [0.15, 0.2) is 11.9 Å². The smallest absolute Gasteiger partial charge is 0.459 e. The SMILES string of the molecule is [2H]c1c([2H])n([C@@H]2O[C@H](COP(=O)(NC(C)C(=O)OC)Oc3ccccc3)[C@@H](O)[C@@]2(C)F)c(=O)[nH]c1=O. The van der Waals surface area contributed by atoms with Gasteiger partial charge in [0, 0.05) is 12.2 Å². The molecule has 2 unspecified atom stereocenters. The molecule has 1 aliphatic rings. The first-order valence-electron chi connectivity index (χ1n) is 11.0. The van der Waals surface area contributed by atoms with E-state index >= 15 is 4.39 Å². The third kappa shape index (κ3) is 5.62. The number of nitrogens with one attached hydrogen (secondary N) is 2. The Bertz CT molecular complexity index is 1270. The minimum absolute atomic E-state index is 0.105. The number of carbonyl (C=O) groups excluding carboxylic acids is 1. The molecule has 1 aromatic carbocycles. The van der Waals surface area contributed by atoms with Crippen molar-refractivity contribution in [2.75, 3.05) is 13.7 Å². The first-order chi connectivity index (χ1) is 16.8. The molecule has 0 aliphatic carbocycles.